The molecule has 0 aromatic carbocycles. The van der Waals surface area contributed by atoms with Gasteiger partial charge in [-0.15, -0.1) is 0 Å². The van der Waals surface area contributed by atoms with E-state index in [0.717, 1.165) is 37.7 Å². The van der Waals surface area contributed by atoms with Gasteiger partial charge in [-0.3, -0.25) is 4.79 Å². The van der Waals surface area contributed by atoms with Crippen LogP contribution in [0.5, 0.6) is 0 Å². The molecule has 0 amide bonds. The maximum absolute atomic E-state index is 12.8. The minimum atomic E-state index is -0.175. The first-order valence-corrected chi connectivity index (χ1v) is 9.29. The van der Waals surface area contributed by atoms with Crippen LogP contribution in [0.1, 0.15) is 64.5 Å². The summed E-state index contributed by atoms with van der Waals surface area (Å²) < 4.78 is 17.2. The minimum Gasteiger partial charge on any atom is -0.472 e. The number of hydrogen-bond acceptors (Lipinski definition) is 4. The second-order valence-corrected chi connectivity index (χ2v) is 9.04. The van der Waals surface area contributed by atoms with E-state index in [1.54, 1.807) is 12.5 Å². The Morgan fingerprint density at radius 3 is 2.75 bits per heavy atom. The van der Waals surface area contributed by atoms with E-state index < -0.39 is 0 Å². The number of rotatable bonds is 1. The number of ether oxygens (including phenoxy) is 2. The van der Waals surface area contributed by atoms with E-state index in [2.05, 4.69) is 20.8 Å². The maximum atomic E-state index is 12.8. The average Bonchev–Trinajstić information content (AvgIpc) is 2.97. The van der Waals surface area contributed by atoms with Crippen LogP contribution in [0.3, 0.4) is 0 Å². The molecule has 7 unspecified atom stereocenters. The largest absolute Gasteiger partial charge is 0.472 e. The number of esters is 1. The van der Waals surface area contributed by atoms with E-state index in [4.69, 9.17) is 13.9 Å². The normalized spacial score (nSPS) is 52.7. The zero-order valence-electron chi connectivity index (χ0n) is 14.7. The Labute approximate surface area is 142 Å². The topological polar surface area (TPSA) is 52.0 Å². The van der Waals surface area contributed by atoms with Crippen LogP contribution in [0.2, 0.25) is 0 Å². The van der Waals surface area contributed by atoms with Gasteiger partial charge in [-0.25, -0.2) is 0 Å². The summed E-state index contributed by atoms with van der Waals surface area (Å²) in [4.78, 5) is 12.8. The summed E-state index contributed by atoms with van der Waals surface area (Å²) in [6.07, 6.45) is 8.80. The first kappa shape index (κ1) is 15.0. The maximum Gasteiger partial charge on any atom is 0.310 e. The van der Waals surface area contributed by atoms with Crippen LogP contribution >= 0.6 is 0 Å². The lowest BCUT2D eigenvalue weighted by atomic mass is 9.44. The third-order valence-corrected chi connectivity index (χ3v) is 8.19. The average molecular weight is 330 g/mol. The second-order valence-electron chi connectivity index (χ2n) is 9.04. The number of carbonyl (C=O) groups is 1. The van der Waals surface area contributed by atoms with Crippen molar-refractivity contribution in [3.8, 4) is 0 Å². The Hall–Kier alpha value is -1.29. The van der Waals surface area contributed by atoms with Crippen molar-refractivity contribution < 1.29 is 18.7 Å². The van der Waals surface area contributed by atoms with Crippen LogP contribution in [0, 0.1) is 22.7 Å². The molecule has 1 aromatic rings. The molecular formula is C20H26O4. The molecular weight excluding hydrogens is 304 g/mol. The van der Waals surface area contributed by atoms with Crippen molar-refractivity contribution in [1.82, 2.24) is 0 Å². The van der Waals surface area contributed by atoms with Gasteiger partial charge in [0.2, 0.25) is 0 Å². The number of furan rings is 1. The van der Waals surface area contributed by atoms with Gasteiger partial charge in [0.25, 0.3) is 0 Å². The highest BCUT2D eigenvalue weighted by Crippen LogP contribution is 2.71. The first-order valence-electron chi connectivity index (χ1n) is 9.29. The Bertz CT molecular complexity index is 682. The third kappa shape index (κ3) is 1.66. The molecule has 0 bridgehead atoms. The van der Waals surface area contributed by atoms with Gasteiger partial charge in [-0.1, -0.05) is 13.8 Å². The monoisotopic (exact) mass is 330 g/mol. The van der Waals surface area contributed by atoms with Crippen LogP contribution in [0.15, 0.2) is 23.0 Å². The summed E-state index contributed by atoms with van der Waals surface area (Å²) >= 11 is 0. The Kier molecular flexibility index (Phi) is 2.79. The van der Waals surface area contributed by atoms with E-state index in [9.17, 15) is 4.79 Å². The lowest BCUT2D eigenvalue weighted by Gasteiger charge is -2.60. The number of fused-ring (bicyclic) bond motifs is 5. The van der Waals surface area contributed by atoms with Crippen molar-refractivity contribution in [1.29, 1.82) is 0 Å². The van der Waals surface area contributed by atoms with E-state index in [0.29, 0.717) is 12.0 Å². The molecule has 2 saturated heterocycles. The van der Waals surface area contributed by atoms with Crippen molar-refractivity contribution in [2.75, 3.05) is 0 Å². The molecule has 7 atom stereocenters. The van der Waals surface area contributed by atoms with Crippen molar-refractivity contribution in [3.63, 3.8) is 0 Å². The molecule has 5 rings (SSSR count). The highest BCUT2D eigenvalue weighted by Gasteiger charge is 2.73. The molecule has 4 aliphatic rings. The van der Waals surface area contributed by atoms with Gasteiger partial charge < -0.3 is 13.9 Å². The molecule has 3 heterocycles. The summed E-state index contributed by atoms with van der Waals surface area (Å²) in [6, 6.07) is 1.92. The second kappa shape index (κ2) is 4.46. The lowest BCUT2D eigenvalue weighted by Crippen LogP contribution is -2.60. The lowest BCUT2D eigenvalue weighted by molar-refractivity contribution is -0.198. The predicted octanol–water partition coefficient (Wildman–Crippen LogP) is 4.26. The summed E-state index contributed by atoms with van der Waals surface area (Å²) in [5, 5.41) is 0. The van der Waals surface area contributed by atoms with Crippen LogP contribution in [0.25, 0.3) is 0 Å². The van der Waals surface area contributed by atoms with Gasteiger partial charge in [0, 0.05) is 11.0 Å². The Morgan fingerprint density at radius 2 is 2.00 bits per heavy atom. The van der Waals surface area contributed by atoms with Crippen LogP contribution in [-0.2, 0) is 14.3 Å². The molecule has 2 saturated carbocycles. The van der Waals surface area contributed by atoms with Crippen LogP contribution < -0.4 is 0 Å². The van der Waals surface area contributed by atoms with Gasteiger partial charge in [0.05, 0.1) is 30.1 Å². The highest BCUT2D eigenvalue weighted by atomic mass is 16.6. The van der Waals surface area contributed by atoms with Crippen LogP contribution in [-0.4, -0.2) is 17.7 Å². The minimum absolute atomic E-state index is 0.0103. The molecule has 1 aromatic heterocycles. The summed E-state index contributed by atoms with van der Waals surface area (Å²) in [7, 11) is 0. The van der Waals surface area contributed by atoms with Gasteiger partial charge in [0.15, 0.2) is 0 Å². The standard InChI is InChI=1S/C20H26O4/c1-18-10-14(12-7-9-22-11-12)23-17(21)13(18)6-8-19(2)15(18)4-5-16-20(19,3)24-16/h7,9,11,13-16H,4-6,8,10H2,1-3H3. The van der Waals surface area contributed by atoms with Crippen molar-refractivity contribution in [2.24, 2.45) is 22.7 Å². The van der Waals surface area contributed by atoms with Crippen molar-refractivity contribution >= 4 is 5.97 Å². The fraction of sp³-hybridized carbons (Fsp3) is 0.750. The van der Waals surface area contributed by atoms with Crippen molar-refractivity contribution in [3.05, 3.63) is 24.2 Å². The highest BCUT2D eigenvalue weighted by molar-refractivity contribution is 5.75. The molecule has 0 N–H and O–H groups in total. The molecule has 4 heteroatoms. The number of cyclic esters (lactones) is 1. The molecule has 2 aliphatic carbocycles. The molecule has 4 fully saturated rings. The van der Waals surface area contributed by atoms with Crippen molar-refractivity contribution in [2.45, 2.75) is 70.7 Å². The SMILES string of the molecule is CC12CC(c3ccoc3)OC(=O)C1CCC1(C)C2CCC2OC21C. The quantitative estimate of drug-likeness (QED) is 0.570. The molecule has 0 radical (unpaired) electrons. The number of carbonyl (C=O) groups excluding carboxylic acids is 1. The smallest absolute Gasteiger partial charge is 0.310 e. The van der Waals surface area contributed by atoms with Gasteiger partial charge in [0.1, 0.15) is 6.10 Å². The zero-order valence-corrected chi connectivity index (χ0v) is 14.7. The van der Waals surface area contributed by atoms with E-state index >= 15 is 0 Å². The zero-order chi connectivity index (χ0) is 16.7. The third-order valence-electron chi connectivity index (χ3n) is 8.19. The summed E-state index contributed by atoms with van der Waals surface area (Å²) in [6.45, 7) is 7.03. The Morgan fingerprint density at radius 1 is 1.17 bits per heavy atom. The Balaban J connectivity index is 1.54. The summed E-state index contributed by atoms with van der Waals surface area (Å²) in [5.74, 6) is 0.522. The van der Waals surface area contributed by atoms with Gasteiger partial charge >= 0.3 is 5.97 Å². The first-order chi connectivity index (χ1) is 11.4. The molecule has 4 nitrogen and oxygen atoms in total. The fourth-order valence-corrected chi connectivity index (χ4v) is 6.56. The fourth-order valence-electron chi connectivity index (χ4n) is 6.56. The number of epoxide rings is 1. The molecule has 2 aliphatic heterocycles. The van der Waals surface area contributed by atoms with Gasteiger partial charge in [-0.2, -0.15) is 0 Å². The molecule has 24 heavy (non-hydrogen) atoms. The molecule has 130 valence electrons. The predicted molar refractivity (Wildman–Crippen MR) is 87.1 cm³/mol. The van der Waals surface area contributed by atoms with Gasteiger partial charge in [-0.05, 0) is 56.4 Å². The summed E-state index contributed by atoms with van der Waals surface area (Å²) in [5.41, 5.74) is 1.14. The van der Waals surface area contributed by atoms with E-state index in [-0.39, 0.29) is 34.4 Å². The number of hydrogen-bond donors (Lipinski definition) is 0. The van der Waals surface area contributed by atoms with Crippen LogP contribution in [0.4, 0.5) is 0 Å². The van der Waals surface area contributed by atoms with E-state index in [1.807, 2.05) is 6.07 Å². The molecule has 0 spiro atoms. The van der Waals surface area contributed by atoms with E-state index in [1.165, 1.54) is 0 Å².